The van der Waals surface area contributed by atoms with Crippen LogP contribution in [0.1, 0.15) is 20.8 Å². The molecule has 0 fully saturated rings. The fraction of sp³-hybridized carbons (Fsp3) is 0.333. The van der Waals surface area contributed by atoms with Gasteiger partial charge in [0.1, 0.15) is 16.1 Å². The molecule has 0 aliphatic heterocycles. The molecule has 0 aliphatic carbocycles. The number of carbonyl (C=O) groups excluding carboxylic acids is 1. The number of hydrogen-bond donors (Lipinski definition) is 2. The summed E-state index contributed by atoms with van der Waals surface area (Å²) in [6, 6.07) is 1.52. The lowest BCUT2D eigenvalue weighted by molar-refractivity contribution is 0.0634. The smallest absolute Gasteiger partial charge is 0.414 e. The van der Waals surface area contributed by atoms with Crippen LogP contribution in [-0.4, -0.2) is 26.6 Å². The second-order valence-electron chi connectivity index (χ2n) is 5.04. The van der Waals surface area contributed by atoms with E-state index in [4.69, 9.17) is 16.3 Å². The maximum absolute atomic E-state index is 11.9. The van der Waals surface area contributed by atoms with E-state index in [1.54, 1.807) is 20.8 Å². The van der Waals surface area contributed by atoms with Crippen LogP contribution in [0.15, 0.2) is 17.1 Å². The van der Waals surface area contributed by atoms with Crippen LogP contribution >= 0.6 is 11.6 Å². The first-order valence-electron chi connectivity index (χ1n) is 5.81. The average molecular weight is 297 g/mol. The number of fused-ring (bicyclic) bond motifs is 1. The topological polar surface area (TPSA) is 97.0 Å². The van der Waals surface area contributed by atoms with Crippen molar-refractivity contribution in [3.8, 4) is 0 Å². The summed E-state index contributed by atoms with van der Waals surface area (Å²) in [5.41, 5.74) is -0.798. The lowest BCUT2D eigenvalue weighted by atomic mass is 10.2. The van der Waals surface area contributed by atoms with Gasteiger partial charge in [0.2, 0.25) is 5.95 Å². The van der Waals surface area contributed by atoms with E-state index >= 15 is 0 Å². The lowest BCUT2D eigenvalue weighted by Gasteiger charge is -2.19. The summed E-state index contributed by atoms with van der Waals surface area (Å²) in [4.78, 5) is 33.8. The van der Waals surface area contributed by atoms with Crippen LogP contribution in [0.5, 0.6) is 0 Å². The van der Waals surface area contributed by atoms with Gasteiger partial charge in [-0.2, -0.15) is 0 Å². The Morgan fingerprint density at radius 3 is 2.80 bits per heavy atom. The van der Waals surface area contributed by atoms with Crippen molar-refractivity contribution in [3.05, 3.63) is 27.8 Å². The van der Waals surface area contributed by atoms with E-state index in [2.05, 4.69) is 20.3 Å². The summed E-state index contributed by atoms with van der Waals surface area (Å²) < 4.78 is 5.07. The maximum Gasteiger partial charge on any atom is 0.414 e. The van der Waals surface area contributed by atoms with Crippen LogP contribution in [0.4, 0.5) is 10.7 Å². The number of nitrogens with one attached hydrogen (secondary N) is 2. The molecule has 0 saturated carbocycles. The second kappa shape index (κ2) is 5.09. The number of aromatic amines is 1. The molecule has 2 rings (SSSR count). The normalized spacial score (nSPS) is 11.4. The number of carbonyl (C=O) groups is 1. The first-order valence-corrected chi connectivity index (χ1v) is 6.18. The van der Waals surface area contributed by atoms with Gasteiger partial charge < -0.3 is 4.74 Å². The predicted octanol–water partition coefficient (Wildman–Crippen LogP) is 2.32. The Morgan fingerprint density at radius 1 is 1.45 bits per heavy atom. The molecule has 2 heterocycles. The monoisotopic (exact) mass is 296 g/mol. The average Bonchev–Trinajstić information content (AvgIpc) is 2.25. The summed E-state index contributed by atoms with van der Waals surface area (Å²) in [6.45, 7) is 5.19. The van der Waals surface area contributed by atoms with E-state index < -0.39 is 17.3 Å². The Balaban J connectivity index is 2.33. The highest BCUT2D eigenvalue weighted by atomic mass is 35.5. The number of amides is 1. The molecule has 1 amide bonds. The van der Waals surface area contributed by atoms with Gasteiger partial charge in [0, 0.05) is 6.20 Å². The van der Waals surface area contributed by atoms with Crippen molar-refractivity contribution >= 4 is 34.5 Å². The molecule has 0 saturated heterocycles. The van der Waals surface area contributed by atoms with Gasteiger partial charge in [-0.05, 0) is 26.8 Å². The van der Waals surface area contributed by atoms with Crippen molar-refractivity contribution in [1.29, 1.82) is 0 Å². The van der Waals surface area contributed by atoms with E-state index in [0.717, 1.165) is 0 Å². The maximum atomic E-state index is 11.9. The minimum atomic E-state index is -0.708. The Kier molecular flexibility index (Phi) is 3.63. The van der Waals surface area contributed by atoms with Gasteiger partial charge in [-0.1, -0.05) is 11.6 Å². The zero-order chi connectivity index (χ0) is 14.9. The number of rotatable bonds is 1. The molecule has 0 aromatic carbocycles. The first kappa shape index (κ1) is 14.3. The largest absolute Gasteiger partial charge is 0.444 e. The molecule has 7 nitrogen and oxygen atoms in total. The van der Waals surface area contributed by atoms with Gasteiger partial charge in [-0.15, -0.1) is 0 Å². The van der Waals surface area contributed by atoms with Crippen molar-refractivity contribution in [2.24, 2.45) is 0 Å². The molecule has 2 aromatic heterocycles. The third-order valence-corrected chi connectivity index (χ3v) is 2.48. The fourth-order valence-corrected chi connectivity index (χ4v) is 1.75. The quantitative estimate of drug-likeness (QED) is 0.787. The number of anilines is 1. The van der Waals surface area contributed by atoms with Gasteiger partial charge in [-0.3, -0.25) is 15.1 Å². The molecule has 2 N–H and O–H groups in total. The third kappa shape index (κ3) is 3.24. The Hall–Kier alpha value is -2.15. The molecule has 0 aliphatic rings. The molecular formula is C12H13ClN4O3. The van der Waals surface area contributed by atoms with E-state index in [1.807, 2.05) is 0 Å². The molecule has 0 atom stereocenters. The van der Waals surface area contributed by atoms with Crippen LogP contribution < -0.4 is 10.9 Å². The van der Waals surface area contributed by atoms with Crippen LogP contribution in [0.25, 0.3) is 10.9 Å². The molecule has 2 aromatic rings. The highest BCUT2D eigenvalue weighted by Crippen LogP contribution is 2.16. The number of halogens is 1. The number of pyridine rings is 1. The summed E-state index contributed by atoms with van der Waals surface area (Å²) in [7, 11) is 0. The molecule has 106 valence electrons. The van der Waals surface area contributed by atoms with Gasteiger partial charge in [0.05, 0.1) is 5.52 Å². The third-order valence-electron chi connectivity index (χ3n) is 2.19. The van der Waals surface area contributed by atoms with E-state index in [0.29, 0.717) is 5.52 Å². The number of nitrogens with zero attached hydrogens (tertiary/aromatic N) is 2. The molecule has 8 heteroatoms. The van der Waals surface area contributed by atoms with Crippen molar-refractivity contribution in [2.75, 3.05) is 5.32 Å². The molecule has 20 heavy (non-hydrogen) atoms. The zero-order valence-corrected chi connectivity index (χ0v) is 11.9. The molecular weight excluding hydrogens is 284 g/mol. The summed E-state index contributed by atoms with van der Waals surface area (Å²) >= 11 is 5.82. The van der Waals surface area contributed by atoms with Crippen LogP contribution in [0.3, 0.4) is 0 Å². The van der Waals surface area contributed by atoms with E-state index in [9.17, 15) is 9.59 Å². The van der Waals surface area contributed by atoms with Crippen molar-refractivity contribution in [1.82, 2.24) is 15.0 Å². The minimum Gasteiger partial charge on any atom is -0.444 e. The van der Waals surface area contributed by atoms with E-state index in [-0.39, 0.29) is 16.5 Å². The highest BCUT2D eigenvalue weighted by molar-refractivity contribution is 6.33. The molecule has 0 spiro atoms. The first-order chi connectivity index (χ1) is 9.26. The number of aromatic nitrogens is 3. The van der Waals surface area contributed by atoms with E-state index in [1.165, 1.54) is 12.3 Å². The summed E-state index contributed by atoms with van der Waals surface area (Å²) in [5.74, 6) is -0.0148. The Morgan fingerprint density at radius 2 is 2.15 bits per heavy atom. The number of H-pyrrole nitrogens is 1. The van der Waals surface area contributed by atoms with Gasteiger partial charge in [0.15, 0.2) is 0 Å². The summed E-state index contributed by atoms with van der Waals surface area (Å²) in [6.07, 6.45) is 0.717. The molecule has 0 unspecified atom stereocenters. The minimum absolute atomic E-state index is 0.0148. The summed E-state index contributed by atoms with van der Waals surface area (Å²) in [5, 5.41) is 2.59. The SMILES string of the molecule is CC(C)(C)OC(=O)Nc1nc2ccnc(Cl)c2c(=O)[nH]1. The van der Waals surface area contributed by atoms with Gasteiger partial charge >= 0.3 is 6.09 Å². The number of hydrogen-bond acceptors (Lipinski definition) is 5. The van der Waals surface area contributed by atoms with Gasteiger partial charge in [-0.25, -0.2) is 14.8 Å². The van der Waals surface area contributed by atoms with Crippen molar-refractivity contribution in [2.45, 2.75) is 26.4 Å². The van der Waals surface area contributed by atoms with Gasteiger partial charge in [0.25, 0.3) is 5.56 Å². The fourth-order valence-electron chi connectivity index (χ4n) is 1.51. The number of ether oxygens (including phenoxy) is 1. The Bertz CT molecular complexity index is 721. The second-order valence-corrected chi connectivity index (χ2v) is 5.40. The van der Waals surface area contributed by atoms with Crippen molar-refractivity contribution < 1.29 is 9.53 Å². The zero-order valence-electron chi connectivity index (χ0n) is 11.2. The van der Waals surface area contributed by atoms with Crippen LogP contribution in [0, 0.1) is 0 Å². The highest BCUT2D eigenvalue weighted by Gasteiger charge is 2.17. The van der Waals surface area contributed by atoms with Crippen LogP contribution in [-0.2, 0) is 4.74 Å². The molecule has 0 bridgehead atoms. The van der Waals surface area contributed by atoms with Crippen LogP contribution in [0.2, 0.25) is 5.15 Å². The van der Waals surface area contributed by atoms with Crippen molar-refractivity contribution in [3.63, 3.8) is 0 Å². The standard InChI is InChI=1S/C12H13ClN4O3/c1-12(2,3)20-11(19)17-10-15-6-4-5-14-8(13)7(6)9(18)16-10/h4-5H,1-3H3,(H2,15,16,17,18,19). The Labute approximate surface area is 119 Å². The lowest BCUT2D eigenvalue weighted by Crippen LogP contribution is -2.28. The predicted molar refractivity (Wildman–Crippen MR) is 75.0 cm³/mol. The molecule has 0 radical (unpaired) electrons.